The van der Waals surface area contributed by atoms with Crippen LogP contribution in [0.2, 0.25) is 0 Å². The van der Waals surface area contributed by atoms with Crippen molar-refractivity contribution in [3.8, 4) is 0 Å². The van der Waals surface area contributed by atoms with Crippen molar-refractivity contribution in [2.24, 2.45) is 0 Å². The Labute approximate surface area is 124 Å². The highest BCUT2D eigenvalue weighted by atomic mass is 32.1. The molecule has 0 aliphatic heterocycles. The highest BCUT2D eigenvalue weighted by Crippen LogP contribution is 2.33. The molecular weight excluding hydrogens is 268 g/mol. The van der Waals surface area contributed by atoms with Crippen LogP contribution in [0.25, 0.3) is 0 Å². The quantitative estimate of drug-likeness (QED) is 0.932. The van der Waals surface area contributed by atoms with E-state index < -0.39 is 6.10 Å². The predicted octanol–water partition coefficient (Wildman–Crippen LogP) is 3.68. The SMILES string of the molecule is CC(C)n1ccc(CC(O)c2cc3c(s2)CCCC3)n1. The van der Waals surface area contributed by atoms with E-state index in [0.29, 0.717) is 12.5 Å². The van der Waals surface area contributed by atoms with E-state index in [1.807, 2.05) is 16.9 Å². The third-order valence-corrected chi connectivity index (χ3v) is 5.28. The van der Waals surface area contributed by atoms with Crippen LogP contribution in [-0.2, 0) is 19.3 Å². The van der Waals surface area contributed by atoms with Gasteiger partial charge in [0.15, 0.2) is 0 Å². The number of aliphatic hydroxyl groups excluding tert-OH is 1. The molecule has 1 aliphatic carbocycles. The minimum absolute atomic E-state index is 0.370. The molecular formula is C16H22N2OS. The summed E-state index contributed by atoms with van der Waals surface area (Å²) in [6.45, 7) is 4.22. The normalized spacial score (nSPS) is 16.4. The van der Waals surface area contributed by atoms with Gasteiger partial charge in [-0.1, -0.05) is 0 Å². The van der Waals surface area contributed by atoms with Gasteiger partial charge in [-0.25, -0.2) is 0 Å². The number of hydrogen-bond donors (Lipinski definition) is 1. The number of aliphatic hydroxyl groups is 1. The Hall–Kier alpha value is -1.13. The van der Waals surface area contributed by atoms with Gasteiger partial charge in [0, 0.05) is 28.4 Å². The van der Waals surface area contributed by atoms with E-state index in [4.69, 9.17) is 0 Å². The molecule has 1 aliphatic rings. The first-order valence-electron chi connectivity index (χ1n) is 7.47. The fourth-order valence-corrected chi connectivity index (χ4v) is 3.99. The second-order valence-corrected chi connectivity index (χ2v) is 7.07. The Morgan fingerprint density at radius 2 is 2.15 bits per heavy atom. The van der Waals surface area contributed by atoms with Gasteiger partial charge >= 0.3 is 0 Å². The van der Waals surface area contributed by atoms with Crippen molar-refractivity contribution in [1.29, 1.82) is 0 Å². The predicted molar refractivity (Wildman–Crippen MR) is 82.2 cm³/mol. The van der Waals surface area contributed by atoms with Crippen molar-refractivity contribution >= 4 is 11.3 Å². The molecule has 1 unspecified atom stereocenters. The zero-order valence-corrected chi connectivity index (χ0v) is 13.0. The van der Waals surface area contributed by atoms with Crippen molar-refractivity contribution in [1.82, 2.24) is 9.78 Å². The molecule has 1 N–H and O–H groups in total. The van der Waals surface area contributed by atoms with E-state index in [2.05, 4.69) is 25.0 Å². The van der Waals surface area contributed by atoms with Gasteiger partial charge in [0.25, 0.3) is 0 Å². The average Bonchev–Trinajstić information content (AvgIpc) is 3.04. The zero-order valence-electron chi connectivity index (χ0n) is 12.2. The summed E-state index contributed by atoms with van der Waals surface area (Å²) in [6, 6.07) is 4.59. The summed E-state index contributed by atoms with van der Waals surface area (Å²) >= 11 is 1.79. The summed E-state index contributed by atoms with van der Waals surface area (Å²) in [4.78, 5) is 2.59. The highest BCUT2D eigenvalue weighted by Gasteiger charge is 2.18. The topological polar surface area (TPSA) is 38.0 Å². The van der Waals surface area contributed by atoms with Crippen molar-refractivity contribution in [3.05, 3.63) is 39.3 Å². The van der Waals surface area contributed by atoms with Crippen LogP contribution in [0.4, 0.5) is 0 Å². The van der Waals surface area contributed by atoms with Crippen LogP contribution in [0, 0.1) is 0 Å². The van der Waals surface area contributed by atoms with Gasteiger partial charge in [0.2, 0.25) is 0 Å². The molecule has 3 rings (SSSR count). The minimum Gasteiger partial charge on any atom is -0.387 e. The van der Waals surface area contributed by atoms with Gasteiger partial charge < -0.3 is 5.11 Å². The first kappa shape index (κ1) is 13.8. The molecule has 2 aromatic rings. The van der Waals surface area contributed by atoms with Gasteiger partial charge in [-0.05, 0) is 57.2 Å². The monoisotopic (exact) mass is 290 g/mol. The van der Waals surface area contributed by atoms with Crippen LogP contribution in [0.5, 0.6) is 0 Å². The molecule has 0 spiro atoms. The molecule has 0 amide bonds. The van der Waals surface area contributed by atoms with Crippen molar-refractivity contribution in [2.75, 3.05) is 0 Å². The molecule has 1 atom stereocenters. The first-order valence-corrected chi connectivity index (χ1v) is 8.28. The summed E-state index contributed by atoms with van der Waals surface area (Å²) in [6.07, 6.45) is 7.14. The van der Waals surface area contributed by atoms with Crippen molar-refractivity contribution in [2.45, 2.75) is 58.1 Å². The summed E-state index contributed by atoms with van der Waals surface area (Å²) in [5.74, 6) is 0. The van der Waals surface area contributed by atoms with Gasteiger partial charge in [0.1, 0.15) is 0 Å². The van der Waals surface area contributed by atoms with Crippen LogP contribution in [-0.4, -0.2) is 14.9 Å². The standard InChI is InChI=1S/C16H22N2OS/c1-11(2)18-8-7-13(17-18)10-14(19)16-9-12-5-3-4-6-15(12)20-16/h7-9,11,14,19H,3-6,10H2,1-2H3. The maximum atomic E-state index is 10.4. The van der Waals surface area contributed by atoms with Crippen LogP contribution in [0.3, 0.4) is 0 Å². The third kappa shape index (κ3) is 2.81. The summed E-state index contributed by atoms with van der Waals surface area (Å²) < 4.78 is 1.95. The van der Waals surface area contributed by atoms with Crippen LogP contribution in [0.1, 0.15) is 59.8 Å². The summed E-state index contributed by atoms with van der Waals surface area (Å²) in [7, 11) is 0. The van der Waals surface area contributed by atoms with E-state index in [-0.39, 0.29) is 0 Å². The Morgan fingerprint density at radius 3 is 2.85 bits per heavy atom. The lowest BCUT2D eigenvalue weighted by atomic mass is 9.99. The Bertz CT molecular complexity index is 562. The fraction of sp³-hybridized carbons (Fsp3) is 0.562. The van der Waals surface area contributed by atoms with E-state index in [1.165, 1.54) is 36.1 Å². The lowest BCUT2D eigenvalue weighted by molar-refractivity contribution is 0.180. The molecule has 0 radical (unpaired) electrons. The van der Waals surface area contributed by atoms with Crippen molar-refractivity contribution < 1.29 is 5.11 Å². The lowest BCUT2D eigenvalue weighted by Crippen LogP contribution is -2.04. The smallest absolute Gasteiger partial charge is 0.0938 e. The average molecular weight is 290 g/mol. The maximum absolute atomic E-state index is 10.4. The first-order chi connectivity index (χ1) is 9.63. The molecule has 2 heterocycles. The van der Waals surface area contributed by atoms with Crippen molar-refractivity contribution in [3.63, 3.8) is 0 Å². The van der Waals surface area contributed by atoms with Crippen LogP contribution in [0.15, 0.2) is 18.3 Å². The molecule has 2 aromatic heterocycles. The number of hydrogen-bond acceptors (Lipinski definition) is 3. The molecule has 0 fully saturated rings. The molecule has 4 heteroatoms. The van der Waals surface area contributed by atoms with Crippen LogP contribution < -0.4 is 0 Å². The lowest BCUT2D eigenvalue weighted by Gasteiger charge is -2.08. The fourth-order valence-electron chi connectivity index (χ4n) is 2.75. The molecule has 20 heavy (non-hydrogen) atoms. The number of aryl methyl sites for hydroxylation is 2. The maximum Gasteiger partial charge on any atom is 0.0938 e. The van der Waals surface area contributed by atoms with E-state index in [1.54, 1.807) is 11.3 Å². The van der Waals surface area contributed by atoms with E-state index >= 15 is 0 Å². The largest absolute Gasteiger partial charge is 0.387 e. The molecule has 0 saturated carbocycles. The van der Waals surface area contributed by atoms with E-state index in [0.717, 1.165) is 10.6 Å². The molecule has 108 valence electrons. The highest BCUT2D eigenvalue weighted by molar-refractivity contribution is 7.12. The molecule has 0 saturated heterocycles. The Kier molecular flexibility index (Phi) is 3.94. The summed E-state index contributed by atoms with van der Waals surface area (Å²) in [5.41, 5.74) is 2.43. The second-order valence-electron chi connectivity index (χ2n) is 5.91. The number of rotatable bonds is 4. The number of fused-ring (bicyclic) bond motifs is 1. The second kappa shape index (κ2) is 5.70. The van der Waals surface area contributed by atoms with Gasteiger partial charge in [0.05, 0.1) is 11.8 Å². The van der Waals surface area contributed by atoms with Gasteiger partial charge in [-0.15, -0.1) is 11.3 Å². The Balaban J connectivity index is 1.71. The Morgan fingerprint density at radius 1 is 1.35 bits per heavy atom. The number of thiophene rings is 1. The third-order valence-electron chi connectivity index (χ3n) is 3.94. The summed E-state index contributed by atoms with van der Waals surface area (Å²) in [5, 5.41) is 15.0. The van der Waals surface area contributed by atoms with E-state index in [9.17, 15) is 5.11 Å². The number of nitrogens with zero attached hydrogens (tertiary/aromatic N) is 2. The zero-order chi connectivity index (χ0) is 14.1. The minimum atomic E-state index is -0.416. The van der Waals surface area contributed by atoms with Gasteiger partial charge in [-0.2, -0.15) is 5.10 Å². The molecule has 0 bridgehead atoms. The van der Waals surface area contributed by atoms with Gasteiger partial charge in [-0.3, -0.25) is 4.68 Å². The van der Waals surface area contributed by atoms with Crippen LogP contribution >= 0.6 is 11.3 Å². The number of aromatic nitrogens is 2. The molecule has 0 aromatic carbocycles. The molecule has 3 nitrogen and oxygen atoms in total.